The molecule has 0 spiro atoms. The van der Waals surface area contributed by atoms with Gasteiger partial charge in [0, 0.05) is 17.6 Å². The van der Waals surface area contributed by atoms with Gasteiger partial charge in [-0.3, -0.25) is 4.79 Å². The van der Waals surface area contributed by atoms with E-state index in [1.54, 1.807) is 25.1 Å². The maximum absolute atomic E-state index is 11.4. The van der Waals surface area contributed by atoms with E-state index in [-0.39, 0.29) is 12.5 Å². The monoisotopic (exact) mass is 267 g/mol. The number of carbonyl (C=O) groups is 2. The summed E-state index contributed by atoms with van der Waals surface area (Å²) in [5.74, 6) is -0.873. The molecule has 1 aromatic rings. The standard InChI is InChI=1S/C13H14ClNO3/c1-2-3-13(17)18-9-12(16)15-8-10-4-6-11(14)7-5-10/h2-7H,8-9H2,1H3,(H,15,16)/b3-2+. The van der Waals surface area contributed by atoms with Gasteiger partial charge in [-0.1, -0.05) is 29.8 Å². The number of rotatable bonds is 5. The molecule has 0 aliphatic carbocycles. The van der Waals surface area contributed by atoms with Gasteiger partial charge in [-0.15, -0.1) is 0 Å². The van der Waals surface area contributed by atoms with Crippen LogP contribution in [-0.4, -0.2) is 18.5 Å². The number of esters is 1. The van der Waals surface area contributed by atoms with Crippen molar-refractivity contribution in [2.45, 2.75) is 13.5 Å². The molecule has 0 fully saturated rings. The Bertz CT molecular complexity index is 440. The molecule has 5 heteroatoms. The van der Waals surface area contributed by atoms with Crippen LogP contribution in [0.4, 0.5) is 0 Å². The highest BCUT2D eigenvalue weighted by Crippen LogP contribution is 2.08. The fourth-order valence-corrected chi connectivity index (χ4v) is 1.30. The van der Waals surface area contributed by atoms with E-state index in [4.69, 9.17) is 16.3 Å². The van der Waals surface area contributed by atoms with E-state index >= 15 is 0 Å². The number of halogens is 1. The third kappa shape index (κ3) is 5.50. The van der Waals surface area contributed by atoms with Gasteiger partial charge in [0.1, 0.15) is 0 Å². The quantitative estimate of drug-likeness (QED) is 0.656. The van der Waals surface area contributed by atoms with Crippen molar-refractivity contribution in [3.05, 3.63) is 47.0 Å². The fraction of sp³-hybridized carbons (Fsp3) is 0.231. The number of allylic oxidation sites excluding steroid dienone is 1. The lowest BCUT2D eigenvalue weighted by Crippen LogP contribution is -2.28. The molecule has 0 unspecified atom stereocenters. The Balaban J connectivity index is 2.29. The molecule has 96 valence electrons. The van der Waals surface area contributed by atoms with Gasteiger partial charge in [0.25, 0.3) is 5.91 Å². The summed E-state index contributed by atoms with van der Waals surface area (Å²) in [5.41, 5.74) is 0.924. The first-order valence-corrected chi connectivity index (χ1v) is 5.80. The molecule has 4 nitrogen and oxygen atoms in total. The van der Waals surface area contributed by atoms with Crippen LogP contribution in [0.3, 0.4) is 0 Å². The van der Waals surface area contributed by atoms with Crippen LogP contribution in [-0.2, 0) is 20.9 Å². The fourth-order valence-electron chi connectivity index (χ4n) is 1.17. The molecule has 1 aromatic carbocycles. The number of hydrogen-bond donors (Lipinski definition) is 1. The van der Waals surface area contributed by atoms with Crippen LogP contribution in [0.5, 0.6) is 0 Å². The summed E-state index contributed by atoms with van der Waals surface area (Å²) in [6.45, 7) is 1.79. The summed E-state index contributed by atoms with van der Waals surface area (Å²) in [7, 11) is 0. The van der Waals surface area contributed by atoms with Crippen molar-refractivity contribution in [1.29, 1.82) is 0 Å². The number of ether oxygens (including phenoxy) is 1. The molecule has 0 aliphatic heterocycles. The number of amides is 1. The maximum atomic E-state index is 11.4. The third-order valence-corrected chi connectivity index (χ3v) is 2.30. The van der Waals surface area contributed by atoms with E-state index < -0.39 is 5.97 Å². The third-order valence-electron chi connectivity index (χ3n) is 2.05. The van der Waals surface area contributed by atoms with E-state index in [9.17, 15) is 9.59 Å². The summed E-state index contributed by atoms with van der Waals surface area (Å²) in [6, 6.07) is 7.12. The van der Waals surface area contributed by atoms with Gasteiger partial charge in [0.15, 0.2) is 6.61 Å². The van der Waals surface area contributed by atoms with Crippen molar-refractivity contribution in [2.24, 2.45) is 0 Å². The molecule has 1 rings (SSSR count). The number of nitrogens with one attached hydrogen (secondary N) is 1. The summed E-state index contributed by atoms with van der Waals surface area (Å²) >= 11 is 5.74. The Morgan fingerprint density at radius 3 is 2.61 bits per heavy atom. The first-order valence-electron chi connectivity index (χ1n) is 5.42. The second kappa shape index (κ2) is 7.50. The van der Waals surface area contributed by atoms with Gasteiger partial charge in [0.2, 0.25) is 0 Å². The van der Waals surface area contributed by atoms with E-state index in [2.05, 4.69) is 5.32 Å². The van der Waals surface area contributed by atoms with Crippen LogP contribution in [0.2, 0.25) is 5.02 Å². The predicted molar refractivity (Wildman–Crippen MR) is 69.1 cm³/mol. The average Bonchev–Trinajstić information content (AvgIpc) is 2.36. The molecule has 0 radical (unpaired) electrons. The first kappa shape index (κ1) is 14.3. The maximum Gasteiger partial charge on any atom is 0.330 e. The topological polar surface area (TPSA) is 55.4 Å². The Labute approximate surface area is 111 Å². The van der Waals surface area contributed by atoms with Gasteiger partial charge in [-0.05, 0) is 24.6 Å². The van der Waals surface area contributed by atoms with E-state index in [0.29, 0.717) is 11.6 Å². The lowest BCUT2D eigenvalue weighted by atomic mass is 10.2. The van der Waals surface area contributed by atoms with Crippen molar-refractivity contribution < 1.29 is 14.3 Å². The Morgan fingerprint density at radius 1 is 1.33 bits per heavy atom. The minimum Gasteiger partial charge on any atom is -0.452 e. The Hall–Kier alpha value is -1.81. The minimum absolute atomic E-state index is 0.281. The zero-order valence-electron chi connectivity index (χ0n) is 9.98. The zero-order valence-corrected chi connectivity index (χ0v) is 10.7. The van der Waals surface area contributed by atoms with E-state index in [1.165, 1.54) is 6.08 Å². The molecule has 0 heterocycles. The van der Waals surface area contributed by atoms with Gasteiger partial charge < -0.3 is 10.1 Å². The van der Waals surface area contributed by atoms with Crippen LogP contribution in [0.15, 0.2) is 36.4 Å². The van der Waals surface area contributed by atoms with Gasteiger partial charge in [-0.25, -0.2) is 4.79 Å². The molecular weight excluding hydrogens is 254 g/mol. The molecule has 0 saturated heterocycles. The number of carbonyl (C=O) groups excluding carboxylic acids is 2. The van der Waals surface area contributed by atoms with Gasteiger partial charge in [0.05, 0.1) is 0 Å². The normalized spacial score (nSPS) is 10.3. The van der Waals surface area contributed by atoms with Crippen molar-refractivity contribution in [2.75, 3.05) is 6.61 Å². The van der Waals surface area contributed by atoms with Gasteiger partial charge in [-0.2, -0.15) is 0 Å². The van der Waals surface area contributed by atoms with E-state index in [0.717, 1.165) is 5.56 Å². The molecule has 1 N–H and O–H groups in total. The second-order valence-corrected chi connectivity index (χ2v) is 3.95. The molecule has 0 aliphatic rings. The Morgan fingerprint density at radius 2 is 2.00 bits per heavy atom. The highest BCUT2D eigenvalue weighted by molar-refractivity contribution is 6.30. The molecule has 0 bridgehead atoms. The highest BCUT2D eigenvalue weighted by Gasteiger charge is 2.04. The van der Waals surface area contributed by atoms with Crippen LogP contribution in [0, 0.1) is 0 Å². The number of benzene rings is 1. The lowest BCUT2D eigenvalue weighted by molar-refractivity contribution is -0.143. The number of hydrogen-bond acceptors (Lipinski definition) is 3. The molecule has 0 aromatic heterocycles. The summed E-state index contributed by atoms with van der Waals surface area (Å²) in [6.07, 6.45) is 2.81. The minimum atomic E-state index is -0.529. The summed E-state index contributed by atoms with van der Waals surface area (Å²) in [4.78, 5) is 22.3. The zero-order chi connectivity index (χ0) is 13.4. The molecule has 0 saturated carbocycles. The molecule has 18 heavy (non-hydrogen) atoms. The highest BCUT2D eigenvalue weighted by atomic mass is 35.5. The molecule has 1 amide bonds. The Kier molecular flexibility index (Phi) is 5.94. The predicted octanol–water partition coefficient (Wildman–Crippen LogP) is 2.08. The van der Waals surface area contributed by atoms with E-state index in [1.807, 2.05) is 12.1 Å². The van der Waals surface area contributed by atoms with Crippen molar-refractivity contribution in [3.63, 3.8) is 0 Å². The van der Waals surface area contributed by atoms with Crippen LogP contribution < -0.4 is 5.32 Å². The van der Waals surface area contributed by atoms with Crippen LogP contribution in [0.25, 0.3) is 0 Å². The largest absolute Gasteiger partial charge is 0.452 e. The lowest BCUT2D eigenvalue weighted by Gasteiger charge is -2.05. The summed E-state index contributed by atoms with van der Waals surface area (Å²) < 4.78 is 4.69. The first-order chi connectivity index (χ1) is 8.61. The summed E-state index contributed by atoms with van der Waals surface area (Å²) in [5, 5.41) is 3.28. The average molecular weight is 268 g/mol. The van der Waals surface area contributed by atoms with Crippen molar-refractivity contribution >= 4 is 23.5 Å². The smallest absolute Gasteiger partial charge is 0.330 e. The van der Waals surface area contributed by atoms with Crippen molar-refractivity contribution in [1.82, 2.24) is 5.32 Å². The van der Waals surface area contributed by atoms with Crippen molar-refractivity contribution in [3.8, 4) is 0 Å². The van der Waals surface area contributed by atoms with Crippen LogP contribution >= 0.6 is 11.6 Å². The second-order valence-electron chi connectivity index (χ2n) is 3.51. The SMILES string of the molecule is C/C=C/C(=O)OCC(=O)NCc1ccc(Cl)cc1. The van der Waals surface area contributed by atoms with Crippen LogP contribution in [0.1, 0.15) is 12.5 Å². The molecular formula is C13H14ClNO3. The van der Waals surface area contributed by atoms with Gasteiger partial charge >= 0.3 is 5.97 Å². The molecule has 0 atom stereocenters.